The number of nitro benzene ring substituents is 1. The van der Waals surface area contributed by atoms with Crippen molar-refractivity contribution in [1.82, 2.24) is 0 Å². The second kappa shape index (κ2) is 5.92. The van der Waals surface area contributed by atoms with Gasteiger partial charge in [-0.1, -0.05) is 12.1 Å². The van der Waals surface area contributed by atoms with Crippen molar-refractivity contribution in [3.63, 3.8) is 0 Å². The monoisotopic (exact) mass is 274 g/mol. The molecule has 104 valence electrons. The average Bonchev–Trinajstić information content (AvgIpc) is 2.45. The molecule has 0 spiro atoms. The number of anilines is 1. The Balaban J connectivity index is 2.07. The summed E-state index contributed by atoms with van der Waals surface area (Å²) < 4.78 is 10.7. The molecule has 0 saturated carbocycles. The fourth-order valence-corrected chi connectivity index (χ4v) is 1.72. The molecule has 2 N–H and O–H groups in total. The number of methoxy groups -OCH3 is 1. The first-order valence-electron chi connectivity index (χ1n) is 5.90. The Hall–Kier alpha value is -2.76. The zero-order valence-electron chi connectivity index (χ0n) is 10.9. The zero-order chi connectivity index (χ0) is 14.5. The Kier molecular flexibility index (Phi) is 4.05. The predicted octanol–water partition coefficient (Wildman–Crippen LogP) is 2.76. The van der Waals surface area contributed by atoms with Gasteiger partial charge >= 0.3 is 0 Å². The van der Waals surface area contributed by atoms with E-state index >= 15 is 0 Å². The van der Waals surface area contributed by atoms with Gasteiger partial charge in [0.25, 0.3) is 5.69 Å². The van der Waals surface area contributed by atoms with Gasteiger partial charge in [0.2, 0.25) is 0 Å². The largest absolute Gasteiger partial charge is 0.497 e. The second-order valence-electron chi connectivity index (χ2n) is 4.12. The number of nitrogens with two attached hydrogens (primary N) is 1. The minimum absolute atomic E-state index is 0.0816. The number of nitrogen functional groups attached to an aromatic ring is 1. The SMILES string of the molecule is COc1cccc(COc2ccc([N+](=O)[O-])c(N)c2)c1. The molecule has 0 aliphatic rings. The van der Waals surface area contributed by atoms with E-state index in [9.17, 15) is 10.1 Å². The Bertz CT molecular complexity index is 628. The number of nitro groups is 1. The number of rotatable bonds is 5. The summed E-state index contributed by atoms with van der Waals surface area (Å²) in [6.45, 7) is 0.328. The summed E-state index contributed by atoms with van der Waals surface area (Å²) in [7, 11) is 1.59. The molecule has 0 aliphatic carbocycles. The molecule has 0 atom stereocenters. The van der Waals surface area contributed by atoms with Crippen LogP contribution in [0.4, 0.5) is 11.4 Å². The van der Waals surface area contributed by atoms with E-state index in [2.05, 4.69) is 0 Å². The lowest BCUT2D eigenvalue weighted by Crippen LogP contribution is -1.99. The first kappa shape index (κ1) is 13.7. The van der Waals surface area contributed by atoms with Gasteiger partial charge in [0.15, 0.2) is 0 Å². The van der Waals surface area contributed by atoms with Crippen LogP contribution in [-0.2, 0) is 6.61 Å². The van der Waals surface area contributed by atoms with Crippen LogP contribution in [0.3, 0.4) is 0 Å². The standard InChI is InChI=1S/C14H14N2O4/c1-19-11-4-2-3-10(7-11)9-20-12-5-6-14(16(17)18)13(15)8-12/h2-8H,9,15H2,1H3. The molecule has 0 aliphatic heterocycles. The summed E-state index contributed by atoms with van der Waals surface area (Å²) in [5.74, 6) is 1.23. The molecule has 2 aromatic rings. The van der Waals surface area contributed by atoms with Gasteiger partial charge in [-0.25, -0.2) is 0 Å². The van der Waals surface area contributed by atoms with Gasteiger partial charge in [-0.05, 0) is 23.8 Å². The third-order valence-electron chi connectivity index (χ3n) is 2.74. The Labute approximate surface area is 115 Å². The van der Waals surface area contributed by atoms with Crippen LogP contribution < -0.4 is 15.2 Å². The predicted molar refractivity (Wildman–Crippen MR) is 74.8 cm³/mol. The summed E-state index contributed by atoms with van der Waals surface area (Å²) >= 11 is 0. The van der Waals surface area contributed by atoms with E-state index in [0.717, 1.165) is 11.3 Å². The Morgan fingerprint density at radius 2 is 2.00 bits per heavy atom. The van der Waals surface area contributed by atoms with Gasteiger partial charge < -0.3 is 15.2 Å². The van der Waals surface area contributed by atoms with Crippen molar-refractivity contribution in [2.24, 2.45) is 0 Å². The van der Waals surface area contributed by atoms with Crippen molar-refractivity contribution < 1.29 is 14.4 Å². The zero-order valence-corrected chi connectivity index (χ0v) is 10.9. The molecule has 0 radical (unpaired) electrons. The maximum absolute atomic E-state index is 10.7. The summed E-state index contributed by atoms with van der Waals surface area (Å²) in [4.78, 5) is 10.1. The molecule has 6 nitrogen and oxygen atoms in total. The topological polar surface area (TPSA) is 87.6 Å². The first-order valence-corrected chi connectivity index (χ1v) is 5.90. The van der Waals surface area contributed by atoms with Gasteiger partial charge in [0.05, 0.1) is 12.0 Å². The van der Waals surface area contributed by atoms with E-state index in [1.165, 1.54) is 18.2 Å². The van der Waals surface area contributed by atoms with Gasteiger partial charge in [-0.3, -0.25) is 10.1 Å². The third-order valence-corrected chi connectivity index (χ3v) is 2.74. The van der Waals surface area contributed by atoms with E-state index < -0.39 is 4.92 Å². The summed E-state index contributed by atoms with van der Waals surface area (Å²) in [6, 6.07) is 11.8. The smallest absolute Gasteiger partial charge is 0.292 e. The molecule has 0 fully saturated rings. The van der Waals surface area contributed by atoms with Crippen LogP contribution in [0.25, 0.3) is 0 Å². The van der Waals surface area contributed by atoms with E-state index in [4.69, 9.17) is 15.2 Å². The quantitative estimate of drug-likeness (QED) is 0.514. The van der Waals surface area contributed by atoms with Crippen molar-refractivity contribution in [3.8, 4) is 11.5 Å². The highest BCUT2D eigenvalue weighted by molar-refractivity contribution is 5.60. The lowest BCUT2D eigenvalue weighted by Gasteiger charge is -2.08. The molecule has 0 bridgehead atoms. The highest BCUT2D eigenvalue weighted by Gasteiger charge is 2.11. The fourth-order valence-electron chi connectivity index (χ4n) is 1.72. The summed E-state index contributed by atoms with van der Waals surface area (Å²) in [5, 5.41) is 10.7. The maximum Gasteiger partial charge on any atom is 0.292 e. The molecule has 0 saturated heterocycles. The van der Waals surface area contributed by atoms with E-state index in [1.54, 1.807) is 7.11 Å². The minimum Gasteiger partial charge on any atom is -0.497 e. The number of ether oxygens (including phenoxy) is 2. The van der Waals surface area contributed by atoms with E-state index in [-0.39, 0.29) is 11.4 Å². The van der Waals surface area contributed by atoms with E-state index in [1.807, 2.05) is 24.3 Å². The molecule has 0 aromatic heterocycles. The number of hydrogen-bond acceptors (Lipinski definition) is 5. The molecule has 6 heteroatoms. The Morgan fingerprint density at radius 1 is 1.20 bits per heavy atom. The molecule has 0 heterocycles. The summed E-state index contributed by atoms with van der Waals surface area (Å²) in [6.07, 6.45) is 0. The van der Waals surface area contributed by atoms with Crippen LogP contribution in [0.5, 0.6) is 11.5 Å². The van der Waals surface area contributed by atoms with Crippen molar-refractivity contribution in [2.45, 2.75) is 6.61 Å². The highest BCUT2D eigenvalue weighted by Crippen LogP contribution is 2.26. The lowest BCUT2D eigenvalue weighted by molar-refractivity contribution is -0.383. The van der Waals surface area contributed by atoms with Crippen molar-refractivity contribution in [1.29, 1.82) is 0 Å². The average molecular weight is 274 g/mol. The van der Waals surface area contributed by atoms with Crippen molar-refractivity contribution in [2.75, 3.05) is 12.8 Å². The van der Waals surface area contributed by atoms with Crippen LogP contribution in [0, 0.1) is 10.1 Å². The molecule has 2 rings (SSSR count). The van der Waals surface area contributed by atoms with Gasteiger partial charge in [-0.2, -0.15) is 0 Å². The van der Waals surface area contributed by atoms with Gasteiger partial charge in [0, 0.05) is 12.1 Å². The van der Waals surface area contributed by atoms with Crippen molar-refractivity contribution >= 4 is 11.4 Å². The van der Waals surface area contributed by atoms with Crippen LogP contribution in [0.1, 0.15) is 5.56 Å². The first-order chi connectivity index (χ1) is 9.60. The highest BCUT2D eigenvalue weighted by atomic mass is 16.6. The van der Waals surface area contributed by atoms with Crippen LogP contribution in [0.15, 0.2) is 42.5 Å². The Morgan fingerprint density at radius 3 is 2.65 bits per heavy atom. The third kappa shape index (κ3) is 3.17. The van der Waals surface area contributed by atoms with Crippen molar-refractivity contribution in [3.05, 3.63) is 58.1 Å². The van der Waals surface area contributed by atoms with Gasteiger partial charge in [-0.15, -0.1) is 0 Å². The normalized spacial score (nSPS) is 10.1. The number of hydrogen-bond donors (Lipinski definition) is 1. The summed E-state index contributed by atoms with van der Waals surface area (Å²) in [5.41, 5.74) is 6.48. The molecule has 20 heavy (non-hydrogen) atoms. The van der Waals surface area contributed by atoms with Crippen LogP contribution >= 0.6 is 0 Å². The minimum atomic E-state index is -0.527. The molecular formula is C14H14N2O4. The number of benzene rings is 2. The second-order valence-corrected chi connectivity index (χ2v) is 4.12. The number of nitrogens with zero attached hydrogens (tertiary/aromatic N) is 1. The lowest BCUT2D eigenvalue weighted by atomic mass is 10.2. The molecule has 0 unspecified atom stereocenters. The van der Waals surface area contributed by atoms with E-state index in [0.29, 0.717) is 12.4 Å². The van der Waals surface area contributed by atoms with Crippen LogP contribution in [0.2, 0.25) is 0 Å². The molecule has 2 aromatic carbocycles. The molecular weight excluding hydrogens is 260 g/mol. The van der Waals surface area contributed by atoms with Gasteiger partial charge in [0.1, 0.15) is 23.8 Å². The van der Waals surface area contributed by atoms with Crippen LogP contribution in [-0.4, -0.2) is 12.0 Å². The maximum atomic E-state index is 10.7. The molecule has 0 amide bonds. The fraction of sp³-hybridized carbons (Fsp3) is 0.143.